The molecule has 1 aliphatic heterocycles. The summed E-state index contributed by atoms with van der Waals surface area (Å²) in [5.74, 6) is -0.163. The Morgan fingerprint density at radius 1 is 1.37 bits per heavy atom. The molecule has 0 aromatic heterocycles. The predicted molar refractivity (Wildman–Crippen MR) is 72.5 cm³/mol. The second kappa shape index (κ2) is 5.84. The quantitative estimate of drug-likeness (QED) is 0.731. The van der Waals surface area contributed by atoms with E-state index in [0.717, 1.165) is 5.56 Å². The van der Waals surface area contributed by atoms with E-state index in [0.29, 0.717) is 6.54 Å². The van der Waals surface area contributed by atoms with Gasteiger partial charge in [-0.1, -0.05) is 29.8 Å². The summed E-state index contributed by atoms with van der Waals surface area (Å²) in [7, 11) is 0. The molecule has 2 unspecified atom stereocenters. The molecule has 2 atom stereocenters. The van der Waals surface area contributed by atoms with E-state index in [1.807, 2.05) is 38.1 Å². The molecule has 19 heavy (non-hydrogen) atoms. The monoisotopic (exact) mass is 261 g/mol. The first kappa shape index (κ1) is 13.5. The Hall–Kier alpha value is -1.88. The molecule has 0 radical (unpaired) electrons. The Balaban J connectivity index is 1.91. The van der Waals surface area contributed by atoms with E-state index in [-0.39, 0.29) is 30.4 Å². The van der Waals surface area contributed by atoms with Gasteiger partial charge < -0.3 is 10.6 Å². The Labute approximate surface area is 112 Å². The van der Waals surface area contributed by atoms with Gasteiger partial charge in [0.1, 0.15) is 6.04 Å². The van der Waals surface area contributed by atoms with Crippen LogP contribution in [0.4, 0.5) is 0 Å². The average molecular weight is 261 g/mol. The molecule has 1 aromatic carbocycles. The molecule has 1 aromatic rings. The highest BCUT2D eigenvalue weighted by Crippen LogP contribution is 2.13. The summed E-state index contributed by atoms with van der Waals surface area (Å²) in [4.78, 5) is 23.0. The molecule has 1 fully saturated rings. The van der Waals surface area contributed by atoms with E-state index in [9.17, 15) is 9.59 Å². The highest BCUT2D eigenvalue weighted by atomic mass is 16.2. The normalized spacial score (nSPS) is 20.5. The van der Waals surface area contributed by atoms with E-state index in [2.05, 4.69) is 16.0 Å². The molecule has 1 saturated heterocycles. The zero-order valence-electron chi connectivity index (χ0n) is 11.2. The van der Waals surface area contributed by atoms with Crippen molar-refractivity contribution >= 4 is 11.8 Å². The molecule has 1 aliphatic rings. The average Bonchev–Trinajstić information content (AvgIpc) is 2.40. The van der Waals surface area contributed by atoms with E-state index >= 15 is 0 Å². The number of rotatable bonds is 3. The number of nitrogens with one attached hydrogen (secondary N) is 3. The number of hydrogen-bond acceptors (Lipinski definition) is 3. The standard InChI is InChI=1S/C14H19N3O2/c1-9-3-5-11(6-4-9)10(2)17-14(19)12-7-16-13(18)8-15-12/h3-6,10,12,15H,7-8H2,1-2H3,(H,16,18)(H,17,19). The maximum absolute atomic E-state index is 12.0. The predicted octanol–water partition coefficient (Wildman–Crippen LogP) is 0.260. The minimum atomic E-state index is -0.356. The lowest BCUT2D eigenvalue weighted by Gasteiger charge is -2.25. The first-order valence-corrected chi connectivity index (χ1v) is 6.43. The number of piperazine rings is 1. The zero-order chi connectivity index (χ0) is 13.8. The van der Waals surface area contributed by atoms with Crippen LogP contribution in [0.15, 0.2) is 24.3 Å². The number of hydrogen-bond donors (Lipinski definition) is 3. The molecule has 1 heterocycles. The van der Waals surface area contributed by atoms with Gasteiger partial charge in [-0.15, -0.1) is 0 Å². The van der Waals surface area contributed by atoms with Crippen LogP contribution in [-0.4, -0.2) is 30.9 Å². The Morgan fingerprint density at radius 3 is 2.63 bits per heavy atom. The second-order valence-electron chi connectivity index (χ2n) is 4.88. The number of carbonyl (C=O) groups is 2. The van der Waals surface area contributed by atoms with Gasteiger partial charge in [0.25, 0.3) is 0 Å². The number of amides is 2. The van der Waals surface area contributed by atoms with Crippen molar-refractivity contribution < 1.29 is 9.59 Å². The van der Waals surface area contributed by atoms with Crippen LogP contribution in [0, 0.1) is 6.92 Å². The Morgan fingerprint density at radius 2 is 2.05 bits per heavy atom. The lowest BCUT2D eigenvalue weighted by atomic mass is 10.1. The van der Waals surface area contributed by atoms with Crippen molar-refractivity contribution in [2.75, 3.05) is 13.1 Å². The highest BCUT2D eigenvalue weighted by Gasteiger charge is 2.24. The van der Waals surface area contributed by atoms with Crippen LogP contribution in [-0.2, 0) is 9.59 Å². The molecule has 0 spiro atoms. The molecule has 2 rings (SSSR count). The molecule has 102 valence electrons. The minimum Gasteiger partial charge on any atom is -0.353 e. The van der Waals surface area contributed by atoms with Gasteiger partial charge in [-0.05, 0) is 19.4 Å². The largest absolute Gasteiger partial charge is 0.353 e. The van der Waals surface area contributed by atoms with Crippen LogP contribution in [0.25, 0.3) is 0 Å². The van der Waals surface area contributed by atoms with E-state index < -0.39 is 0 Å². The van der Waals surface area contributed by atoms with Crippen LogP contribution in [0.5, 0.6) is 0 Å². The number of benzene rings is 1. The summed E-state index contributed by atoms with van der Waals surface area (Å²) in [6.07, 6.45) is 0. The Bertz CT molecular complexity index is 460. The molecule has 0 aliphatic carbocycles. The fourth-order valence-electron chi connectivity index (χ4n) is 2.00. The summed E-state index contributed by atoms with van der Waals surface area (Å²) in [6, 6.07) is 7.67. The molecular formula is C14H19N3O2. The van der Waals surface area contributed by atoms with Crippen molar-refractivity contribution in [2.45, 2.75) is 25.9 Å². The van der Waals surface area contributed by atoms with Gasteiger partial charge in [0.15, 0.2) is 0 Å². The van der Waals surface area contributed by atoms with Crippen LogP contribution in [0.1, 0.15) is 24.1 Å². The third kappa shape index (κ3) is 3.54. The van der Waals surface area contributed by atoms with Crippen molar-refractivity contribution in [2.24, 2.45) is 0 Å². The fourth-order valence-corrected chi connectivity index (χ4v) is 2.00. The van der Waals surface area contributed by atoms with Gasteiger partial charge in [0, 0.05) is 6.54 Å². The summed E-state index contributed by atoms with van der Waals surface area (Å²) in [5, 5.41) is 8.53. The van der Waals surface area contributed by atoms with Crippen molar-refractivity contribution in [1.29, 1.82) is 0 Å². The third-order valence-corrected chi connectivity index (χ3v) is 3.26. The molecule has 5 heteroatoms. The highest BCUT2D eigenvalue weighted by molar-refractivity contribution is 5.86. The van der Waals surface area contributed by atoms with Gasteiger partial charge in [-0.2, -0.15) is 0 Å². The Kier molecular flexibility index (Phi) is 4.16. The smallest absolute Gasteiger partial charge is 0.239 e. The molecule has 3 N–H and O–H groups in total. The summed E-state index contributed by atoms with van der Waals surface area (Å²) in [5.41, 5.74) is 2.26. The van der Waals surface area contributed by atoms with Gasteiger partial charge in [0.2, 0.25) is 11.8 Å². The molecule has 0 bridgehead atoms. The maximum Gasteiger partial charge on any atom is 0.239 e. The van der Waals surface area contributed by atoms with Crippen LogP contribution < -0.4 is 16.0 Å². The summed E-state index contributed by atoms with van der Waals surface area (Å²) >= 11 is 0. The topological polar surface area (TPSA) is 70.2 Å². The van der Waals surface area contributed by atoms with Crippen molar-refractivity contribution in [1.82, 2.24) is 16.0 Å². The fraction of sp³-hybridized carbons (Fsp3) is 0.429. The van der Waals surface area contributed by atoms with Crippen LogP contribution in [0.3, 0.4) is 0 Å². The van der Waals surface area contributed by atoms with E-state index in [1.54, 1.807) is 0 Å². The molecule has 0 saturated carbocycles. The van der Waals surface area contributed by atoms with Gasteiger partial charge in [-0.3, -0.25) is 14.9 Å². The molecule has 2 amide bonds. The number of aryl methyl sites for hydroxylation is 1. The molecule has 5 nitrogen and oxygen atoms in total. The summed E-state index contributed by atoms with van der Waals surface area (Å²) < 4.78 is 0. The van der Waals surface area contributed by atoms with Crippen molar-refractivity contribution in [3.63, 3.8) is 0 Å². The minimum absolute atomic E-state index is 0.0486. The van der Waals surface area contributed by atoms with Crippen molar-refractivity contribution in [3.05, 3.63) is 35.4 Å². The lowest BCUT2D eigenvalue weighted by Crippen LogP contribution is -2.58. The zero-order valence-corrected chi connectivity index (χ0v) is 11.2. The van der Waals surface area contributed by atoms with Gasteiger partial charge in [0.05, 0.1) is 12.6 Å². The maximum atomic E-state index is 12.0. The van der Waals surface area contributed by atoms with Gasteiger partial charge in [-0.25, -0.2) is 0 Å². The van der Waals surface area contributed by atoms with Crippen molar-refractivity contribution in [3.8, 4) is 0 Å². The SMILES string of the molecule is Cc1ccc(C(C)NC(=O)C2CNC(=O)CN2)cc1. The van der Waals surface area contributed by atoms with Gasteiger partial charge >= 0.3 is 0 Å². The number of carbonyl (C=O) groups excluding carboxylic acids is 2. The second-order valence-corrected chi connectivity index (χ2v) is 4.88. The first-order chi connectivity index (χ1) is 9.06. The first-order valence-electron chi connectivity index (χ1n) is 6.43. The third-order valence-electron chi connectivity index (χ3n) is 3.26. The summed E-state index contributed by atoms with van der Waals surface area (Å²) in [6.45, 7) is 4.51. The van der Waals surface area contributed by atoms with Crippen LogP contribution in [0.2, 0.25) is 0 Å². The van der Waals surface area contributed by atoms with E-state index in [4.69, 9.17) is 0 Å². The molecular weight excluding hydrogens is 242 g/mol. The lowest BCUT2D eigenvalue weighted by molar-refractivity contribution is -0.127. The van der Waals surface area contributed by atoms with Crippen LogP contribution >= 0.6 is 0 Å². The van der Waals surface area contributed by atoms with E-state index in [1.165, 1.54) is 5.56 Å².